The molecule has 0 aliphatic rings. The van der Waals surface area contributed by atoms with Crippen molar-refractivity contribution >= 4 is 0 Å². The van der Waals surface area contributed by atoms with Gasteiger partial charge < -0.3 is 26.2 Å². The molecule has 0 amide bonds. The summed E-state index contributed by atoms with van der Waals surface area (Å²) in [6, 6.07) is -0.488. The second-order valence-electron chi connectivity index (χ2n) is 2.26. The second-order valence-corrected chi connectivity index (χ2v) is 2.26. The first-order valence-corrected chi connectivity index (χ1v) is 3.47. The fraction of sp³-hybridized carbons (Fsp3) is 0.714. The van der Waals surface area contributed by atoms with Crippen LogP contribution in [0, 0.1) is 44.6 Å². The molecule has 5 nitrogen and oxygen atoms in total. The molecule has 0 aliphatic carbocycles. The van der Waals surface area contributed by atoms with Crippen LogP contribution in [-0.4, -0.2) is 45.3 Å². The van der Waals surface area contributed by atoms with E-state index < -0.39 is 18.2 Å². The fourth-order valence-corrected chi connectivity index (χ4v) is 0.558. The van der Waals surface area contributed by atoms with Crippen molar-refractivity contribution in [1.29, 1.82) is 0 Å². The predicted octanol–water partition coefficient (Wildman–Crippen LogP) is -1.60. The zero-order chi connectivity index (χ0) is 10.1. The average Bonchev–Trinajstić information content (AvgIpc) is 2.07. The minimum absolute atomic E-state index is 0. The third-order valence-electron chi connectivity index (χ3n) is 1.24. The standard InChI is InChI=1S/C6H14NO3.CH3O.U/c1-4(7)6(10)5(9)2-3-8;1-2;/h2,4-6,8-10H,3,7H2,1H3;2H,1H2;/q2*-1;+2/t4-,5-,6?;;/m1../s1. The van der Waals surface area contributed by atoms with Crippen molar-refractivity contribution in [2.24, 2.45) is 5.73 Å². The van der Waals surface area contributed by atoms with Crippen molar-refractivity contribution in [3.05, 3.63) is 13.5 Å². The number of aliphatic hydroxyl groups is 4. The molecule has 13 heavy (non-hydrogen) atoms. The van der Waals surface area contributed by atoms with Crippen molar-refractivity contribution in [2.45, 2.75) is 25.2 Å². The van der Waals surface area contributed by atoms with E-state index in [9.17, 15) is 0 Å². The largest absolute Gasteiger partial charge is 2.00 e. The molecule has 0 saturated heterocycles. The molecule has 0 aromatic carbocycles. The summed E-state index contributed by atoms with van der Waals surface area (Å²) in [6.45, 7) is 1.32. The third kappa shape index (κ3) is 10.8. The van der Waals surface area contributed by atoms with E-state index in [1.54, 1.807) is 6.92 Å². The van der Waals surface area contributed by atoms with Crippen molar-refractivity contribution < 1.29 is 51.5 Å². The first kappa shape index (κ1) is 19.4. The van der Waals surface area contributed by atoms with E-state index >= 15 is 0 Å². The van der Waals surface area contributed by atoms with Gasteiger partial charge in [0.1, 0.15) is 0 Å². The van der Waals surface area contributed by atoms with Crippen LogP contribution in [0.3, 0.4) is 0 Å². The van der Waals surface area contributed by atoms with E-state index in [1.165, 1.54) is 6.42 Å². The van der Waals surface area contributed by atoms with Gasteiger partial charge in [0.2, 0.25) is 0 Å². The molecule has 0 fully saturated rings. The van der Waals surface area contributed by atoms with Crippen LogP contribution < -0.4 is 5.73 Å². The van der Waals surface area contributed by atoms with E-state index in [0.29, 0.717) is 0 Å². The van der Waals surface area contributed by atoms with Crippen LogP contribution in [0.25, 0.3) is 0 Å². The summed E-state index contributed by atoms with van der Waals surface area (Å²) < 4.78 is 0. The normalized spacial score (nSPS) is 15.9. The van der Waals surface area contributed by atoms with Crippen LogP contribution in [0.15, 0.2) is 0 Å². The van der Waals surface area contributed by atoms with Gasteiger partial charge in [0.25, 0.3) is 0 Å². The molecule has 0 heterocycles. The molecule has 0 bridgehead atoms. The van der Waals surface area contributed by atoms with Gasteiger partial charge in [-0.3, -0.25) is 6.42 Å². The Morgan fingerprint density at radius 3 is 2.00 bits per heavy atom. The topological polar surface area (TPSA) is 107 Å². The smallest absolute Gasteiger partial charge is 0.569 e. The van der Waals surface area contributed by atoms with Crippen LogP contribution in [0.4, 0.5) is 0 Å². The van der Waals surface area contributed by atoms with Crippen LogP contribution in [0.1, 0.15) is 6.92 Å². The Hall–Kier alpha value is 0.852. The van der Waals surface area contributed by atoms with Gasteiger partial charge in [-0.1, -0.05) is 6.61 Å². The monoisotopic (exact) mass is 417 g/mol. The quantitative estimate of drug-likeness (QED) is 0.355. The van der Waals surface area contributed by atoms with Gasteiger partial charge in [0.15, 0.2) is 0 Å². The maximum atomic E-state index is 9.01. The predicted molar refractivity (Wildman–Crippen MR) is 44.3 cm³/mol. The first-order valence-electron chi connectivity index (χ1n) is 3.47. The van der Waals surface area contributed by atoms with Gasteiger partial charge in [0.05, 0.1) is 6.10 Å². The van der Waals surface area contributed by atoms with Crippen LogP contribution in [-0.2, 0) is 0 Å². The van der Waals surface area contributed by atoms with E-state index in [4.69, 9.17) is 26.2 Å². The maximum Gasteiger partial charge on any atom is 2.00 e. The SMILES string of the molecule is C[C@@H](N)C(O)[C@H](O)[CH-]CO.[CH2-]O.[U+2]. The molecule has 0 aliphatic heterocycles. The van der Waals surface area contributed by atoms with Gasteiger partial charge in [-0.25, -0.2) is 7.11 Å². The summed E-state index contributed by atoms with van der Waals surface area (Å²) in [6.07, 6.45) is -0.842. The number of rotatable bonds is 4. The van der Waals surface area contributed by atoms with Crippen LogP contribution >= 0.6 is 0 Å². The minimum atomic E-state index is -1.04. The van der Waals surface area contributed by atoms with Gasteiger partial charge in [0, 0.05) is 6.04 Å². The summed E-state index contributed by atoms with van der Waals surface area (Å²) in [5.74, 6) is 0. The molecule has 6 heteroatoms. The van der Waals surface area contributed by atoms with Gasteiger partial charge in [-0.15, -0.1) is 0 Å². The van der Waals surface area contributed by atoms with Gasteiger partial charge >= 0.3 is 31.1 Å². The molecule has 6 N–H and O–H groups in total. The third-order valence-corrected chi connectivity index (χ3v) is 1.24. The van der Waals surface area contributed by atoms with Crippen molar-refractivity contribution in [2.75, 3.05) is 6.61 Å². The Labute approximate surface area is 102 Å². The van der Waals surface area contributed by atoms with Crippen molar-refractivity contribution in [3.8, 4) is 0 Å². The Bertz CT molecular complexity index is 94.6. The van der Waals surface area contributed by atoms with Crippen molar-refractivity contribution in [3.63, 3.8) is 0 Å². The molecular formula is C7H17NO4U. The molecule has 0 radical (unpaired) electrons. The zero-order valence-electron chi connectivity index (χ0n) is 7.59. The molecule has 3 atom stereocenters. The zero-order valence-corrected chi connectivity index (χ0v) is 11.8. The van der Waals surface area contributed by atoms with E-state index in [1.807, 2.05) is 0 Å². The molecule has 0 aromatic rings. The van der Waals surface area contributed by atoms with E-state index in [-0.39, 0.29) is 37.7 Å². The summed E-state index contributed by atoms with van der Waals surface area (Å²) in [5, 5.41) is 33.0. The number of nitrogens with two attached hydrogens (primary N) is 1. The van der Waals surface area contributed by atoms with Gasteiger partial charge in [-0.2, -0.15) is 0 Å². The summed E-state index contributed by atoms with van der Waals surface area (Å²) >= 11 is 0. The molecule has 0 rings (SSSR count). The summed E-state index contributed by atoms with van der Waals surface area (Å²) in [7, 11) is 2.25. The Morgan fingerprint density at radius 1 is 1.38 bits per heavy atom. The maximum absolute atomic E-state index is 9.01. The van der Waals surface area contributed by atoms with Crippen LogP contribution in [0.5, 0.6) is 0 Å². The molecule has 1 unspecified atom stereocenters. The summed E-state index contributed by atoms with van der Waals surface area (Å²) in [4.78, 5) is 0. The van der Waals surface area contributed by atoms with E-state index in [2.05, 4.69) is 7.11 Å². The molecular weight excluding hydrogens is 400 g/mol. The van der Waals surface area contributed by atoms with E-state index in [0.717, 1.165) is 0 Å². The Kier molecular flexibility index (Phi) is 19.2. The minimum Gasteiger partial charge on any atom is -0.569 e. The molecule has 78 valence electrons. The van der Waals surface area contributed by atoms with Crippen molar-refractivity contribution in [1.82, 2.24) is 0 Å². The number of aliphatic hydroxyl groups excluding tert-OH is 4. The Balaban J connectivity index is -0.000000309. The fourth-order valence-electron chi connectivity index (χ4n) is 0.558. The van der Waals surface area contributed by atoms with Gasteiger partial charge in [-0.05, 0) is 13.0 Å². The molecule has 0 spiro atoms. The molecule has 0 saturated carbocycles. The second kappa shape index (κ2) is 12.9. The Morgan fingerprint density at radius 2 is 1.77 bits per heavy atom. The number of hydrogen-bond acceptors (Lipinski definition) is 5. The average molecular weight is 417 g/mol. The first-order chi connectivity index (χ1) is 5.59. The molecule has 0 aromatic heterocycles. The number of hydrogen-bond donors (Lipinski definition) is 5. The summed E-state index contributed by atoms with van der Waals surface area (Å²) in [5.41, 5.74) is 5.26. The van der Waals surface area contributed by atoms with Crippen LogP contribution in [0.2, 0.25) is 0 Å².